The highest BCUT2D eigenvalue weighted by molar-refractivity contribution is 5.94. The van der Waals surface area contributed by atoms with Gasteiger partial charge in [-0.1, -0.05) is 12.1 Å². The van der Waals surface area contributed by atoms with Crippen LogP contribution in [-0.2, 0) is 4.74 Å². The van der Waals surface area contributed by atoms with Crippen LogP contribution in [0.25, 0.3) is 0 Å². The lowest BCUT2D eigenvalue weighted by molar-refractivity contribution is 0.0581. The van der Waals surface area contributed by atoms with Crippen LogP contribution in [0, 0.1) is 6.92 Å². The molecule has 0 saturated heterocycles. The van der Waals surface area contributed by atoms with E-state index in [1.165, 1.54) is 0 Å². The number of hydrogen-bond donors (Lipinski definition) is 1. The van der Waals surface area contributed by atoms with Gasteiger partial charge in [-0.3, -0.25) is 4.90 Å². The maximum absolute atomic E-state index is 12.2. The van der Waals surface area contributed by atoms with Gasteiger partial charge in [0.15, 0.2) is 0 Å². The highest BCUT2D eigenvalue weighted by Crippen LogP contribution is 2.32. The number of carbonyl (C=O) groups is 1. The van der Waals surface area contributed by atoms with Gasteiger partial charge < -0.3 is 10.1 Å². The van der Waals surface area contributed by atoms with Crippen molar-refractivity contribution in [3.05, 3.63) is 23.8 Å². The first-order valence-corrected chi connectivity index (χ1v) is 6.22. The van der Waals surface area contributed by atoms with Gasteiger partial charge in [0, 0.05) is 13.1 Å². The van der Waals surface area contributed by atoms with E-state index in [2.05, 4.69) is 5.32 Å². The third kappa shape index (κ3) is 2.58. The van der Waals surface area contributed by atoms with Crippen LogP contribution in [-0.4, -0.2) is 24.8 Å². The largest absolute Gasteiger partial charge is 0.443 e. The SMILES string of the molecule is Cc1cccc2c1NCCN2C(=O)OC(C)(C)C. The van der Waals surface area contributed by atoms with E-state index in [0.29, 0.717) is 6.54 Å². The second-order valence-corrected chi connectivity index (χ2v) is 5.53. The van der Waals surface area contributed by atoms with Gasteiger partial charge in [-0.25, -0.2) is 4.79 Å². The summed E-state index contributed by atoms with van der Waals surface area (Å²) in [5.74, 6) is 0. The molecular formula is C14H20N2O2. The van der Waals surface area contributed by atoms with Crippen LogP contribution in [0.4, 0.5) is 16.2 Å². The molecule has 1 heterocycles. The number of ether oxygens (including phenoxy) is 1. The van der Waals surface area contributed by atoms with Crippen LogP contribution in [0.2, 0.25) is 0 Å². The van der Waals surface area contributed by atoms with Crippen LogP contribution in [0.5, 0.6) is 0 Å². The summed E-state index contributed by atoms with van der Waals surface area (Å²) in [7, 11) is 0. The number of benzene rings is 1. The highest BCUT2D eigenvalue weighted by Gasteiger charge is 2.27. The minimum Gasteiger partial charge on any atom is -0.443 e. The standard InChI is InChI=1S/C14H20N2O2/c1-10-6-5-7-11-12(10)15-8-9-16(11)13(17)18-14(2,3)4/h5-7,15H,8-9H2,1-4H3. The minimum atomic E-state index is -0.466. The number of fused-ring (bicyclic) bond motifs is 1. The average molecular weight is 248 g/mol. The van der Waals surface area contributed by atoms with Crippen molar-refractivity contribution in [1.82, 2.24) is 0 Å². The number of nitrogens with zero attached hydrogens (tertiary/aromatic N) is 1. The molecule has 1 aromatic carbocycles. The second kappa shape index (κ2) is 4.52. The van der Waals surface area contributed by atoms with E-state index < -0.39 is 5.60 Å². The number of amides is 1. The normalized spacial score (nSPS) is 14.8. The fraction of sp³-hybridized carbons (Fsp3) is 0.500. The summed E-state index contributed by atoms with van der Waals surface area (Å²) >= 11 is 0. The zero-order valence-electron chi connectivity index (χ0n) is 11.4. The number of aryl methyl sites for hydroxylation is 1. The minimum absolute atomic E-state index is 0.282. The van der Waals surface area contributed by atoms with Gasteiger partial charge in [0.25, 0.3) is 0 Å². The molecule has 98 valence electrons. The van der Waals surface area contributed by atoms with Crippen molar-refractivity contribution in [2.75, 3.05) is 23.3 Å². The molecule has 0 spiro atoms. The first-order chi connectivity index (χ1) is 8.38. The van der Waals surface area contributed by atoms with Crippen LogP contribution in [0.3, 0.4) is 0 Å². The molecule has 0 fully saturated rings. The summed E-state index contributed by atoms with van der Waals surface area (Å²) in [5.41, 5.74) is 2.59. The molecule has 0 aliphatic carbocycles. The van der Waals surface area contributed by atoms with Crippen molar-refractivity contribution in [3.8, 4) is 0 Å². The molecular weight excluding hydrogens is 228 g/mol. The van der Waals surface area contributed by atoms with Gasteiger partial charge in [0.05, 0.1) is 11.4 Å². The number of para-hydroxylation sites is 1. The average Bonchev–Trinajstić information content (AvgIpc) is 2.26. The molecule has 1 aromatic rings. The van der Waals surface area contributed by atoms with E-state index in [9.17, 15) is 4.79 Å². The Labute approximate surface area is 108 Å². The van der Waals surface area contributed by atoms with Gasteiger partial charge in [0.1, 0.15) is 5.60 Å². The van der Waals surface area contributed by atoms with Crippen molar-refractivity contribution in [3.63, 3.8) is 0 Å². The molecule has 18 heavy (non-hydrogen) atoms. The summed E-state index contributed by atoms with van der Waals surface area (Å²) in [5, 5.41) is 3.33. The van der Waals surface area contributed by atoms with Crippen LogP contribution in [0.15, 0.2) is 18.2 Å². The van der Waals surface area contributed by atoms with Crippen molar-refractivity contribution in [2.24, 2.45) is 0 Å². The molecule has 0 unspecified atom stereocenters. The van der Waals surface area contributed by atoms with E-state index in [-0.39, 0.29) is 6.09 Å². The Morgan fingerprint density at radius 1 is 1.39 bits per heavy atom. The number of anilines is 2. The van der Waals surface area contributed by atoms with E-state index >= 15 is 0 Å². The summed E-state index contributed by atoms with van der Waals surface area (Å²) in [6.45, 7) is 9.05. The second-order valence-electron chi connectivity index (χ2n) is 5.53. The number of nitrogens with one attached hydrogen (secondary N) is 1. The Morgan fingerprint density at radius 2 is 2.11 bits per heavy atom. The van der Waals surface area contributed by atoms with E-state index in [1.807, 2.05) is 45.9 Å². The molecule has 0 bridgehead atoms. The van der Waals surface area contributed by atoms with Crippen molar-refractivity contribution in [1.29, 1.82) is 0 Å². The summed E-state index contributed by atoms with van der Waals surface area (Å²) in [6, 6.07) is 5.93. The highest BCUT2D eigenvalue weighted by atomic mass is 16.6. The zero-order valence-corrected chi connectivity index (χ0v) is 11.4. The molecule has 4 heteroatoms. The molecule has 1 aliphatic heterocycles. The number of hydrogen-bond acceptors (Lipinski definition) is 3. The topological polar surface area (TPSA) is 41.6 Å². The van der Waals surface area contributed by atoms with Crippen LogP contribution < -0.4 is 10.2 Å². The summed E-state index contributed by atoms with van der Waals surface area (Å²) in [4.78, 5) is 13.9. The van der Waals surface area contributed by atoms with Crippen LogP contribution in [0.1, 0.15) is 26.3 Å². The van der Waals surface area contributed by atoms with Gasteiger partial charge in [-0.15, -0.1) is 0 Å². The molecule has 4 nitrogen and oxygen atoms in total. The Morgan fingerprint density at radius 3 is 2.78 bits per heavy atom. The first-order valence-electron chi connectivity index (χ1n) is 6.22. The van der Waals surface area contributed by atoms with E-state index in [0.717, 1.165) is 23.5 Å². The summed E-state index contributed by atoms with van der Waals surface area (Å²) < 4.78 is 5.43. The van der Waals surface area contributed by atoms with Crippen molar-refractivity contribution in [2.45, 2.75) is 33.3 Å². The molecule has 0 radical (unpaired) electrons. The van der Waals surface area contributed by atoms with Gasteiger partial charge in [-0.05, 0) is 39.3 Å². The maximum atomic E-state index is 12.2. The van der Waals surface area contributed by atoms with E-state index in [1.54, 1.807) is 4.90 Å². The van der Waals surface area contributed by atoms with Gasteiger partial charge in [-0.2, -0.15) is 0 Å². The predicted molar refractivity (Wildman–Crippen MR) is 73.2 cm³/mol. The molecule has 1 aliphatic rings. The molecule has 0 saturated carbocycles. The Hall–Kier alpha value is -1.71. The fourth-order valence-corrected chi connectivity index (χ4v) is 2.03. The van der Waals surface area contributed by atoms with Crippen molar-refractivity contribution >= 4 is 17.5 Å². The first kappa shape index (κ1) is 12.7. The Balaban J connectivity index is 2.28. The summed E-state index contributed by atoms with van der Waals surface area (Å²) in [6.07, 6.45) is -0.282. The lowest BCUT2D eigenvalue weighted by atomic mass is 10.1. The maximum Gasteiger partial charge on any atom is 0.414 e. The quantitative estimate of drug-likeness (QED) is 0.766. The van der Waals surface area contributed by atoms with Crippen LogP contribution >= 0.6 is 0 Å². The monoisotopic (exact) mass is 248 g/mol. The molecule has 0 atom stereocenters. The molecule has 2 rings (SSSR count). The number of carbonyl (C=O) groups excluding carboxylic acids is 1. The molecule has 1 amide bonds. The zero-order chi connectivity index (χ0) is 13.3. The van der Waals surface area contributed by atoms with Gasteiger partial charge >= 0.3 is 6.09 Å². The molecule has 0 aromatic heterocycles. The lowest BCUT2D eigenvalue weighted by Crippen LogP contribution is -2.42. The predicted octanol–water partition coefficient (Wildman–Crippen LogP) is 3.16. The van der Waals surface area contributed by atoms with Crippen molar-refractivity contribution < 1.29 is 9.53 Å². The third-order valence-corrected chi connectivity index (χ3v) is 2.79. The fourth-order valence-electron chi connectivity index (χ4n) is 2.03. The number of rotatable bonds is 0. The van der Waals surface area contributed by atoms with E-state index in [4.69, 9.17) is 4.74 Å². The smallest absolute Gasteiger partial charge is 0.414 e. The third-order valence-electron chi connectivity index (χ3n) is 2.79. The lowest BCUT2D eigenvalue weighted by Gasteiger charge is -2.32. The Kier molecular flexibility index (Phi) is 3.20. The van der Waals surface area contributed by atoms with Gasteiger partial charge in [0.2, 0.25) is 0 Å². The Bertz CT molecular complexity index is 463. The molecule has 1 N–H and O–H groups in total.